The first-order chi connectivity index (χ1) is 12.0. The number of anilines is 1. The van der Waals surface area contributed by atoms with Crippen LogP contribution in [0.25, 0.3) is 6.08 Å². The Balaban J connectivity index is 1.70. The molecule has 5 nitrogen and oxygen atoms in total. The number of amides is 3. The number of nitrogens with zero attached hydrogens (tertiary/aromatic N) is 1. The molecule has 1 saturated heterocycles. The quantitative estimate of drug-likeness (QED) is 0.823. The summed E-state index contributed by atoms with van der Waals surface area (Å²) in [6, 6.07) is 16.0. The minimum absolute atomic E-state index is 0.293. The van der Waals surface area contributed by atoms with Crippen LogP contribution >= 0.6 is 23.4 Å². The Kier molecular flexibility index (Phi) is 5.21. The van der Waals surface area contributed by atoms with Gasteiger partial charge in [0.1, 0.15) is 6.54 Å². The van der Waals surface area contributed by atoms with Crippen LogP contribution in [0.3, 0.4) is 0 Å². The molecular weight excluding hydrogens is 360 g/mol. The molecule has 1 heterocycles. The van der Waals surface area contributed by atoms with Crippen LogP contribution in [0, 0.1) is 0 Å². The SMILES string of the molecule is O=C(CN1C(=O)SC(=Cc2ccccc2)C1=O)Nc1ccccc1Cl. The van der Waals surface area contributed by atoms with E-state index in [0.717, 1.165) is 22.2 Å². The van der Waals surface area contributed by atoms with Gasteiger partial charge < -0.3 is 5.32 Å². The van der Waals surface area contributed by atoms with Crippen molar-refractivity contribution >= 4 is 52.2 Å². The number of imide groups is 1. The van der Waals surface area contributed by atoms with Gasteiger partial charge in [-0.2, -0.15) is 0 Å². The predicted molar refractivity (Wildman–Crippen MR) is 99.2 cm³/mol. The summed E-state index contributed by atoms with van der Waals surface area (Å²) >= 11 is 6.80. The Bertz CT molecular complexity index is 868. The number of nitrogens with one attached hydrogen (secondary N) is 1. The normalized spacial score (nSPS) is 15.7. The molecule has 2 aromatic carbocycles. The number of hydrogen-bond acceptors (Lipinski definition) is 4. The molecule has 7 heteroatoms. The van der Waals surface area contributed by atoms with Crippen LogP contribution in [0.2, 0.25) is 5.02 Å². The summed E-state index contributed by atoms with van der Waals surface area (Å²) in [7, 11) is 0. The van der Waals surface area contributed by atoms with Gasteiger partial charge in [0.15, 0.2) is 0 Å². The van der Waals surface area contributed by atoms with Crippen LogP contribution in [0.5, 0.6) is 0 Å². The summed E-state index contributed by atoms with van der Waals surface area (Å²) in [5.41, 5.74) is 1.24. The van der Waals surface area contributed by atoms with E-state index < -0.39 is 17.1 Å². The van der Waals surface area contributed by atoms with E-state index in [1.54, 1.807) is 30.3 Å². The fraction of sp³-hybridized carbons (Fsp3) is 0.0556. The zero-order valence-corrected chi connectivity index (χ0v) is 14.5. The lowest BCUT2D eigenvalue weighted by atomic mass is 10.2. The van der Waals surface area contributed by atoms with Crippen molar-refractivity contribution in [2.45, 2.75) is 0 Å². The number of carbonyl (C=O) groups excluding carboxylic acids is 3. The second-order valence-electron chi connectivity index (χ2n) is 5.21. The Hall–Kier alpha value is -2.57. The van der Waals surface area contributed by atoms with E-state index in [0.29, 0.717) is 15.6 Å². The molecule has 25 heavy (non-hydrogen) atoms. The fourth-order valence-corrected chi connectivity index (χ4v) is 3.25. The van der Waals surface area contributed by atoms with E-state index in [2.05, 4.69) is 5.32 Å². The van der Waals surface area contributed by atoms with Gasteiger partial charge in [-0.3, -0.25) is 19.3 Å². The first-order valence-electron chi connectivity index (χ1n) is 7.39. The Morgan fingerprint density at radius 2 is 1.76 bits per heavy atom. The van der Waals surface area contributed by atoms with Crippen LogP contribution < -0.4 is 5.32 Å². The molecular formula is C18H13ClN2O3S. The van der Waals surface area contributed by atoms with Gasteiger partial charge in [-0.25, -0.2) is 0 Å². The molecule has 1 aliphatic rings. The van der Waals surface area contributed by atoms with Gasteiger partial charge in [0.2, 0.25) is 5.91 Å². The number of hydrogen-bond donors (Lipinski definition) is 1. The first kappa shape index (κ1) is 17.3. The smallest absolute Gasteiger partial charge is 0.294 e. The summed E-state index contributed by atoms with van der Waals surface area (Å²) in [6.07, 6.45) is 1.64. The molecule has 1 fully saturated rings. The van der Waals surface area contributed by atoms with Gasteiger partial charge >= 0.3 is 0 Å². The van der Waals surface area contributed by atoms with Gasteiger partial charge in [-0.05, 0) is 35.5 Å². The van der Waals surface area contributed by atoms with E-state index in [1.165, 1.54) is 0 Å². The average Bonchev–Trinajstić information content (AvgIpc) is 2.85. The van der Waals surface area contributed by atoms with E-state index >= 15 is 0 Å². The maximum Gasteiger partial charge on any atom is 0.294 e. The van der Waals surface area contributed by atoms with Crippen molar-refractivity contribution in [3.05, 3.63) is 70.1 Å². The second-order valence-corrected chi connectivity index (χ2v) is 6.61. The molecule has 0 saturated carbocycles. The molecule has 0 aromatic heterocycles. The molecule has 0 atom stereocenters. The summed E-state index contributed by atoms with van der Waals surface area (Å²) < 4.78 is 0. The number of benzene rings is 2. The number of carbonyl (C=O) groups is 3. The van der Waals surface area contributed by atoms with Crippen molar-refractivity contribution < 1.29 is 14.4 Å². The van der Waals surface area contributed by atoms with Crippen LogP contribution in [0.1, 0.15) is 5.56 Å². The molecule has 0 bridgehead atoms. The summed E-state index contributed by atoms with van der Waals surface area (Å²) in [4.78, 5) is 37.8. The van der Waals surface area contributed by atoms with E-state index in [-0.39, 0.29) is 6.54 Å². The number of thioether (sulfide) groups is 1. The average molecular weight is 373 g/mol. The van der Waals surface area contributed by atoms with Gasteiger partial charge in [0.05, 0.1) is 15.6 Å². The third-order valence-corrected chi connectivity index (χ3v) is 4.66. The largest absolute Gasteiger partial charge is 0.323 e. The highest BCUT2D eigenvalue weighted by Gasteiger charge is 2.36. The highest BCUT2D eigenvalue weighted by atomic mass is 35.5. The van der Waals surface area contributed by atoms with E-state index in [1.807, 2.05) is 30.3 Å². The predicted octanol–water partition coefficient (Wildman–Crippen LogP) is 4.02. The van der Waals surface area contributed by atoms with Crippen LogP contribution in [0.15, 0.2) is 59.5 Å². The Morgan fingerprint density at radius 3 is 2.48 bits per heavy atom. The van der Waals surface area contributed by atoms with Gasteiger partial charge in [-0.15, -0.1) is 0 Å². The summed E-state index contributed by atoms with van der Waals surface area (Å²) in [5.74, 6) is -0.968. The molecule has 0 unspecified atom stereocenters. The highest BCUT2D eigenvalue weighted by molar-refractivity contribution is 8.18. The Morgan fingerprint density at radius 1 is 1.08 bits per heavy atom. The lowest BCUT2D eigenvalue weighted by Crippen LogP contribution is -2.36. The van der Waals surface area contributed by atoms with Crippen LogP contribution in [0.4, 0.5) is 10.5 Å². The molecule has 0 spiro atoms. The maximum atomic E-state index is 12.4. The van der Waals surface area contributed by atoms with Gasteiger partial charge in [0.25, 0.3) is 11.1 Å². The van der Waals surface area contributed by atoms with Gasteiger partial charge in [-0.1, -0.05) is 54.1 Å². The molecule has 126 valence electrons. The lowest BCUT2D eigenvalue weighted by Gasteiger charge is -2.13. The molecule has 1 aliphatic heterocycles. The van der Waals surface area contributed by atoms with Gasteiger partial charge in [0, 0.05) is 0 Å². The third-order valence-electron chi connectivity index (χ3n) is 3.42. The topological polar surface area (TPSA) is 66.5 Å². The number of para-hydroxylation sites is 1. The molecule has 0 radical (unpaired) electrons. The van der Waals surface area contributed by atoms with E-state index in [4.69, 9.17) is 11.6 Å². The fourth-order valence-electron chi connectivity index (χ4n) is 2.23. The highest BCUT2D eigenvalue weighted by Crippen LogP contribution is 2.32. The van der Waals surface area contributed by atoms with E-state index in [9.17, 15) is 14.4 Å². The number of halogens is 1. The second kappa shape index (κ2) is 7.55. The maximum absolute atomic E-state index is 12.4. The lowest BCUT2D eigenvalue weighted by molar-refractivity contribution is -0.127. The van der Waals surface area contributed by atoms with Crippen molar-refractivity contribution in [2.24, 2.45) is 0 Å². The molecule has 0 aliphatic carbocycles. The monoisotopic (exact) mass is 372 g/mol. The van der Waals surface area contributed by atoms with Crippen molar-refractivity contribution in [1.29, 1.82) is 0 Å². The first-order valence-corrected chi connectivity index (χ1v) is 8.59. The number of rotatable bonds is 4. The third kappa shape index (κ3) is 4.10. The molecule has 3 amide bonds. The van der Waals surface area contributed by atoms with Crippen molar-refractivity contribution in [3.63, 3.8) is 0 Å². The minimum atomic E-state index is -0.489. The Labute approximate surface area is 153 Å². The molecule has 2 aromatic rings. The molecule has 1 N–H and O–H groups in total. The summed E-state index contributed by atoms with van der Waals surface area (Å²) in [5, 5.41) is 2.51. The molecule has 3 rings (SSSR count). The van der Waals surface area contributed by atoms with Crippen molar-refractivity contribution in [2.75, 3.05) is 11.9 Å². The zero-order valence-electron chi connectivity index (χ0n) is 12.9. The summed E-state index contributed by atoms with van der Waals surface area (Å²) in [6.45, 7) is -0.359. The van der Waals surface area contributed by atoms with Crippen molar-refractivity contribution in [3.8, 4) is 0 Å². The minimum Gasteiger partial charge on any atom is -0.323 e. The van der Waals surface area contributed by atoms with Crippen LogP contribution in [-0.4, -0.2) is 28.5 Å². The zero-order chi connectivity index (χ0) is 17.8. The standard InChI is InChI=1S/C18H13ClN2O3S/c19-13-8-4-5-9-14(13)20-16(22)11-21-17(23)15(25-18(21)24)10-12-6-2-1-3-7-12/h1-10H,11H2,(H,20,22). The van der Waals surface area contributed by atoms with Crippen molar-refractivity contribution in [1.82, 2.24) is 4.90 Å². The van der Waals surface area contributed by atoms with Crippen LogP contribution in [-0.2, 0) is 9.59 Å².